The minimum absolute atomic E-state index is 0.538. The van der Waals surface area contributed by atoms with Gasteiger partial charge in [0.25, 0.3) is 0 Å². The van der Waals surface area contributed by atoms with Crippen molar-refractivity contribution < 1.29 is 0 Å². The molecule has 1 N–H and O–H groups in total. The molecule has 0 saturated heterocycles. The Kier molecular flexibility index (Phi) is 6.42. The lowest BCUT2D eigenvalue weighted by atomic mass is 10.2. The monoisotopic (exact) mass is 366 g/mol. The second-order valence-electron chi connectivity index (χ2n) is 5.70. The SMILES string of the molecule is CC(C)NCc1ccc(CN(C)Cc2ccc(Br)cc2)s1. The zero-order valence-corrected chi connectivity index (χ0v) is 15.3. The molecule has 0 saturated carbocycles. The third kappa shape index (κ3) is 5.91. The Bertz CT molecular complexity index is 548. The summed E-state index contributed by atoms with van der Waals surface area (Å²) in [6, 6.07) is 13.6. The molecule has 0 atom stereocenters. The second-order valence-corrected chi connectivity index (χ2v) is 7.87. The number of nitrogens with zero attached hydrogens (tertiary/aromatic N) is 1. The van der Waals surface area contributed by atoms with Gasteiger partial charge in [0.15, 0.2) is 0 Å². The maximum absolute atomic E-state index is 3.48. The van der Waals surface area contributed by atoms with Crippen LogP contribution in [0.1, 0.15) is 29.2 Å². The number of thiophene rings is 1. The Morgan fingerprint density at radius 3 is 2.38 bits per heavy atom. The van der Waals surface area contributed by atoms with E-state index in [0.29, 0.717) is 6.04 Å². The van der Waals surface area contributed by atoms with Crippen LogP contribution in [0.25, 0.3) is 0 Å². The van der Waals surface area contributed by atoms with Crippen LogP contribution in [0.2, 0.25) is 0 Å². The van der Waals surface area contributed by atoms with Crippen molar-refractivity contribution in [1.29, 1.82) is 0 Å². The van der Waals surface area contributed by atoms with Crippen LogP contribution in [-0.2, 0) is 19.6 Å². The number of hydrogen-bond donors (Lipinski definition) is 1. The van der Waals surface area contributed by atoms with Crippen LogP contribution in [0.5, 0.6) is 0 Å². The van der Waals surface area contributed by atoms with Gasteiger partial charge in [-0.15, -0.1) is 11.3 Å². The highest BCUT2D eigenvalue weighted by Crippen LogP contribution is 2.19. The van der Waals surface area contributed by atoms with Crippen molar-refractivity contribution in [2.75, 3.05) is 7.05 Å². The summed E-state index contributed by atoms with van der Waals surface area (Å²) >= 11 is 5.38. The summed E-state index contributed by atoms with van der Waals surface area (Å²) in [4.78, 5) is 5.19. The van der Waals surface area contributed by atoms with Gasteiger partial charge in [-0.1, -0.05) is 41.9 Å². The molecule has 114 valence electrons. The van der Waals surface area contributed by atoms with Crippen LogP contribution >= 0.6 is 27.3 Å². The highest BCUT2D eigenvalue weighted by atomic mass is 79.9. The van der Waals surface area contributed by atoms with Gasteiger partial charge in [-0.3, -0.25) is 4.90 Å². The minimum atomic E-state index is 0.538. The Morgan fingerprint density at radius 2 is 1.71 bits per heavy atom. The number of hydrogen-bond acceptors (Lipinski definition) is 3. The lowest BCUT2D eigenvalue weighted by Crippen LogP contribution is -2.21. The van der Waals surface area contributed by atoms with Crippen LogP contribution < -0.4 is 5.32 Å². The van der Waals surface area contributed by atoms with Gasteiger partial charge in [-0.2, -0.15) is 0 Å². The standard InChI is InChI=1S/C17H23BrN2S/c1-13(2)19-10-16-8-9-17(21-16)12-20(3)11-14-4-6-15(18)7-5-14/h4-9,13,19H,10-12H2,1-3H3. The molecule has 1 aromatic heterocycles. The van der Waals surface area contributed by atoms with Gasteiger partial charge in [-0.25, -0.2) is 0 Å². The summed E-state index contributed by atoms with van der Waals surface area (Å²) in [6.07, 6.45) is 0. The Hall–Kier alpha value is -0.680. The first-order valence-corrected chi connectivity index (χ1v) is 8.88. The lowest BCUT2D eigenvalue weighted by Gasteiger charge is -2.15. The molecule has 0 aliphatic rings. The van der Waals surface area contributed by atoms with Gasteiger partial charge in [0.05, 0.1) is 0 Å². The van der Waals surface area contributed by atoms with Gasteiger partial charge in [-0.05, 0) is 36.9 Å². The number of rotatable bonds is 7. The molecule has 2 aromatic rings. The highest BCUT2D eigenvalue weighted by molar-refractivity contribution is 9.10. The normalized spacial score (nSPS) is 11.5. The third-order valence-electron chi connectivity index (χ3n) is 3.19. The van der Waals surface area contributed by atoms with Crippen LogP contribution in [0.15, 0.2) is 40.9 Å². The molecule has 0 spiro atoms. The summed E-state index contributed by atoms with van der Waals surface area (Å²) in [5.41, 5.74) is 1.35. The van der Waals surface area contributed by atoms with E-state index in [-0.39, 0.29) is 0 Å². The molecular formula is C17H23BrN2S. The van der Waals surface area contributed by atoms with E-state index in [1.54, 1.807) is 0 Å². The molecule has 0 bridgehead atoms. The number of halogens is 1. The predicted octanol–water partition coefficient (Wildman–Crippen LogP) is 4.64. The topological polar surface area (TPSA) is 15.3 Å². The van der Waals surface area contributed by atoms with E-state index >= 15 is 0 Å². The fourth-order valence-electron chi connectivity index (χ4n) is 2.13. The zero-order chi connectivity index (χ0) is 15.2. The first-order valence-electron chi connectivity index (χ1n) is 7.27. The van der Waals surface area contributed by atoms with Crippen molar-refractivity contribution in [3.63, 3.8) is 0 Å². The van der Waals surface area contributed by atoms with E-state index < -0.39 is 0 Å². The third-order valence-corrected chi connectivity index (χ3v) is 4.79. The van der Waals surface area contributed by atoms with Crippen molar-refractivity contribution in [2.24, 2.45) is 0 Å². The molecule has 21 heavy (non-hydrogen) atoms. The summed E-state index contributed by atoms with van der Waals surface area (Å²) in [5, 5.41) is 3.47. The fraction of sp³-hybridized carbons (Fsp3) is 0.412. The molecule has 4 heteroatoms. The molecule has 2 rings (SSSR count). The average Bonchev–Trinajstić information content (AvgIpc) is 2.86. The number of nitrogens with one attached hydrogen (secondary N) is 1. The van der Waals surface area contributed by atoms with Gasteiger partial charge in [0.1, 0.15) is 0 Å². The van der Waals surface area contributed by atoms with Crippen LogP contribution in [0, 0.1) is 0 Å². The van der Waals surface area contributed by atoms with Crippen LogP contribution in [0.4, 0.5) is 0 Å². The Morgan fingerprint density at radius 1 is 1.05 bits per heavy atom. The van der Waals surface area contributed by atoms with E-state index in [1.807, 2.05) is 11.3 Å². The molecular weight excluding hydrogens is 344 g/mol. The van der Waals surface area contributed by atoms with Crippen molar-refractivity contribution in [3.8, 4) is 0 Å². The zero-order valence-electron chi connectivity index (χ0n) is 12.9. The summed E-state index contributed by atoms with van der Waals surface area (Å²) in [5.74, 6) is 0. The van der Waals surface area contributed by atoms with Crippen LogP contribution in [0.3, 0.4) is 0 Å². The highest BCUT2D eigenvalue weighted by Gasteiger charge is 2.05. The van der Waals surface area contributed by atoms with Crippen molar-refractivity contribution in [2.45, 2.75) is 39.5 Å². The average molecular weight is 367 g/mol. The molecule has 1 aromatic carbocycles. The molecule has 2 nitrogen and oxygen atoms in total. The quantitative estimate of drug-likeness (QED) is 0.767. The van der Waals surface area contributed by atoms with Gasteiger partial charge in [0, 0.05) is 39.9 Å². The minimum Gasteiger partial charge on any atom is -0.310 e. The van der Waals surface area contributed by atoms with Crippen molar-refractivity contribution >= 4 is 27.3 Å². The molecule has 0 unspecified atom stereocenters. The smallest absolute Gasteiger partial charge is 0.0328 e. The van der Waals surface area contributed by atoms with E-state index in [4.69, 9.17) is 0 Å². The van der Waals surface area contributed by atoms with E-state index in [1.165, 1.54) is 15.3 Å². The van der Waals surface area contributed by atoms with Gasteiger partial charge >= 0.3 is 0 Å². The first kappa shape index (κ1) is 16.7. The summed E-state index contributed by atoms with van der Waals surface area (Å²) < 4.78 is 1.13. The van der Waals surface area contributed by atoms with Crippen molar-refractivity contribution in [1.82, 2.24) is 10.2 Å². The van der Waals surface area contributed by atoms with Crippen molar-refractivity contribution in [3.05, 3.63) is 56.2 Å². The molecule has 0 aliphatic carbocycles. The molecule has 0 amide bonds. The van der Waals surface area contributed by atoms with E-state index in [0.717, 1.165) is 24.1 Å². The largest absolute Gasteiger partial charge is 0.310 e. The molecule has 0 radical (unpaired) electrons. The molecule has 1 heterocycles. The number of benzene rings is 1. The Labute approximate surface area is 140 Å². The van der Waals surface area contributed by atoms with Crippen LogP contribution in [-0.4, -0.2) is 18.0 Å². The Balaban J connectivity index is 1.84. The fourth-order valence-corrected chi connectivity index (χ4v) is 3.44. The summed E-state index contributed by atoms with van der Waals surface area (Å²) in [6.45, 7) is 7.31. The van der Waals surface area contributed by atoms with E-state index in [9.17, 15) is 0 Å². The first-order chi connectivity index (χ1) is 10.0. The van der Waals surface area contributed by atoms with Gasteiger partial charge < -0.3 is 5.32 Å². The maximum Gasteiger partial charge on any atom is 0.0328 e. The lowest BCUT2D eigenvalue weighted by molar-refractivity contribution is 0.322. The second kappa shape index (κ2) is 8.08. The maximum atomic E-state index is 3.48. The summed E-state index contributed by atoms with van der Waals surface area (Å²) in [7, 11) is 2.17. The molecule has 0 aliphatic heterocycles. The molecule has 0 fully saturated rings. The predicted molar refractivity (Wildman–Crippen MR) is 95.6 cm³/mol. The van der Waals surface area contributed by atoms with Gasteiger partial charge in [0.2, 0.25) is 0 Å². The van der Waals surface area contributed by atoms with E-state index in [2.05, 4.69) is 83.4 Å².